The standard InChI is InChI=1S/C14H19ClF3N3/c15-12-1-2-13(11(9-12)3-4-19)21-7-5-20(6-8-21)10-14(16,17)18/h1-2,9H,3-8,10,19H2. The minimum absolute atomic E-state index is 0.407. The molecule has 0 saturated carbocycles. The molecule has 1 aliphatic rings. The average molecular weight is 322 g/mol. The van der Waals surface area contributed by atoms with Crippen LogP contribution in [0.1, 0.15) is 5.56 Å². The first-order valence-electron chi connectivity index (χ1n) is 6.91. The Bertz CT molecular complexity index is 471. The summed E-state index contributed by atoms with van der Waals surface area (Å²) < 4.78 is 37.2. The monoisotopic (exact) mass is 321 g/mol. The van der Waals surface area contributed by atoms with Gasteiger partial charge >= 0.3 is 6.18 Å². The molecule has 2 rings (SSSR count). The quantitative estimate of drug-likeness (QED) is 0.925. The van der Waals surface area contributed by atoms with E-state index in [0.29, 0.717) is 44.2 Å². The largest absolute Gasteiger partial charge is 0.401 e. The second-order valence-electron chi connectivity index (χ2n) is 5.19. The zero-order valence-electron chi connectivity index (χ0n) is 11.7. The van der Waals surface area contributed by atoms with Crippen molar-refractivity contribution in [3.05, 3.63) is 28.8 Å². The van der Waals surface area contributed by atoms with Crippen LogP contribution in [0.2, 0.25) is 5.02 Å². The van der Waals surface area contributed by atoms with Crippen LogP contribution in [0.4, 0.5) is 18.9 Å². The molecule has 1 aromatic carbocycles. The lowest BCUT2D eigenvalue weighted by Crippen LogP contribution is -2.49. The molecule has 0 radical (unpaired) electrons. The molecule has 1 fully saturated rings. The normalized spacial score (nSPS) is 17.3. The molecule has 1 heterocycles. The van der Waals surface area contributed by atoms with Gasteiger partial charge in [-0.2, -0.15) is 13.2 Å². The van der Waals surface area contributed by atoms with Crippen molar-refractivity contribution in [3.63, 3.8) is 0 Å². The summed E-state index contributed by atoms with van der Waals surface area (Å²) in [6, 6.07) is 5.61. The van der Waals surface area contributed by atoms with E-state index in [1.54, 1.807) is 6.07 Å². The summed E-state index contributed by atoms with van der Waals surface area (Å²) in [4.78, 5) is 3.54. The first-order valence-corrected chi connectivity index (χ1v) is 7.29. The van der Waals surface area contributed by atoms with Gasteiger partial charge in [-0.05, 0) is 36.7 Å². The Morgan fingerprint density at radius 2 is 1.81 bits per heavy atom. The Balaban J connectivity index is 2.02. The number of halogens is 4. The number of hydrogen-bond acceptors (Lipinski definition) is 3. The highest BCUT2D eigenvalue weighted by molar-refractivity contribution is 6.30. The Labute approximate surface area is 127 Å². The predicted octanol–water partition coefficient (Wildman–Crippen LogP) is 2.53. The maximum atomic E-state index is 12.4. The van der Waals surface area contributed by atoms with Crippen LogP contribution in [-0.4, -0.2) is 50.3 Å². The molecule has 1 aliphatic heterocycles. The fourth-order valence-corrected chi connectivity index (χ4v) is 2.81. The number of nitrogens with two attached hydrogens (primary N) is 1. The molecule has 7 heteroatoms. The number of rotatable bonds is 4. The van der Waals surface area contributed by atoms with E-state index in [0.717, 1.165) is 11.3 Å². The highest BCUT2D eigenvalue weighted by atomic mass is 35.5. The maximum Gasteiger partial charge on any atom is 0.401 e. The van der Waals surface area contributed by atoms with Gasteiger partial charge in [0.05, 0.1) is 6.54 Å². The van der Waals surface area contributed by atoms with Crippen LogP contribution in [0.15, 0.2) is 18.2 Å². The molecule has 0 unspecified atom stereocenters. The van der Waals surface area contributed by atoms with Gasteiger partial charge in [0.15, 0.2) is 0 Å². The van der Waals surface area contributed by atoms with Crippen molar-refractivity contribution in [3.8, 4) is 0 Å². The topological polar surface area (TPSA) is 32.5 Å². The Kier molecular flexibility index (Phi) is 5.35. The molecule has 0 aliphatic carbocycles. The molecule has 1 saturated heterocycles. The van der Waals surface area contributed by atoms with Crippen LogP contribution >= 0.6 is 11.6 Å². The highest BCUT2D eigenvalue weighted by Crippen LogP contribution is 2.26. The summed E-state index contributed by atoms with van der Waals surface area (Å²) in [5, 5.41) is 0.651. The number of nitrogens with zero attached hydrogens (tertiary/aromatic N) is 2. The summed E-state index contributed by atoms with van der Waals surface area (Å²) in [7, 11) is 0. The van der Waals surface area contributed by atoms with E-state index in [2.05, 4.69) is 4.90 Å². The van der Waals surface area contributed by atoms with E-state index in [1.807, 2.05) is 12.1 Å². The van der Waals surface area contributed by atoms with Crippen LogP contribution in [0.25, 0.3) is 0 Å². The van der Waals surface area contributed by atoms with Gasteiger partial charge in [-0.3, -0.25) is 4.90 Å². The molecule has 1 aromatic rings. The first kappa shape index (κ1) is 16.4. The summed E-state index contributed by atoms with van der Waals surface area (Å²) in [5.74, 6) is 0. The summed E-state index contributed by atoms with van der Waals surface area (Å²) in [6.45, 7) is 1.65. The smallest absolute Gasteiger partial charge is 0.369 e. The lowest BCUT2D eigenvalue weighted by atomic mass is 10.1. The third-order valence-electron chi connectivity index (χ3n) is 3.57. The minimum Gasteiger partial charge on any atom is -0.369 e. The molecule has 0 aromatic heterocycles. The summed E-state index contributed by atoms with van der Waals surface area (Å²) in [6.07, 6.45) is -3.42. The van der Waals surface area contributed by atoms with Crippen molar-refractivity contribution in [2.45, 2.75) is 12.6 Å². The predicted molar refractivity (Wildman–Crippen MR) is 78.9 cm³/mol. The second-order valence-corrected chi connectivity index (χ2v) is 5.63. The molecule has 0 atom stereocenters. The van der Waals surface area contributed by atoms with Gasteiger partial charge in [-0.25, -0.2) is 0 Å². The molecule has 3 nitrogen and oxygen atoms in total. The fraction of sp³-hybridized carbons (Fsp3) is 0.571. The van der Waals surface area contributed by atoms with E-state index in [9.17, 15) is 13.2 Å². The summed E-state index contributed by atoms with van der Waals surface area (Å²) in [5.41, 5.74) is 7.68. The molecule has 0 spiro atoms. The fourth-order valence-electron chi connectivity index (χ4n) is 2.62. The van der Waals surface area contributed by atoms with Crippen LogP contribution in [-0.2, 0) is 6.42 Å². The lowest BCUT2D eigenvalue weighted by molar-refractivity contribution is -0.146. The summed E-state index contributed by atoms with van der Waals surface area (Å²) >= 11 is 5.99. The van der Waals surface area contributed by atoms with E-state index in [1.165, 1.54) is 4.90 Å². The van der Waals surface area contributed by atoms with Crippen LogP contribution < -0.4 is 10.6 Å². The van der Waals surface area contributed by atoms with Crippen molar-refractivity contribution >= 4 is 17.3 Å². The first-order chi connectivity index (χ1) is 9.89. The van der Waals surface area contributed by atoms with Gasteiger partial charge in [0, 0.05) is 36.9 Å². The molecular formula is C14H19ClF3N3. The van der Waals surface area contributed by atoms with Crippen LogP contribution in [0, 0.1) is 0 Å². The Morgan fingerprint density at radius 1 is 1.14 bits per heavy atom. The molecule has 0 bridgehead atoms. The number of hydrogen-bond donors (Lipinski definition) is 1. The van der Waals surface area contributed by atoms with Gasteiger partial charge in [-0.1, -0.05) is 11.6 Å². The van der Waals surface area contributed by atoms with E-state index in [-0.39, 0.29) is 0 Å². The van der Waals surface area contributed by atoms with Crippen LogP contribution in [0.3, 0.4) is 0 Å². The van der Waals surface area contributed by atoms with E-state index in [4.69, 9.17) is 17.3 Å². The average Bonchev–Trinajstić information content (AvgIpc) is 2.39. The van der Waals surface area contributed by atoms with Gasteiger partial charge < -0.3 is 10.6 Å². The van der Waals surface area contributed by atoms with Gasteiger partial charge in [0.2, 0.25) is 0 Å². The van der Waals surface area contributed by atoms with Crippen molar-refractivity contribution in [2.75, 3.05) is 44.2 Å². The van der Waals surface area contributed by atoms with Gasteiger partial charge in [0.1, 0.15) is 0 Å². The maximum absolute atomic E-state index is 12.4. The highest BCUT2D eigenvalue weighted by Gasteiger charge is 2.32. The molecule has 118 valence electrons. The molecule has 2 N–H and O–H groups in total. The third-order valence-corrected chi connectivity index (χ3v) is 3.81. The molecular weight excluding hydrogens is 303 g/mol. The third kappa shape index (κ3) is 4.76. The lowest BCUT2D eigenvalue weighted by Gasteiger charge is -2.37. The minimum atomic E-state index is -4.13. The van der Waals surface area contributed by atoms with Crippen molar-refractivity contribution in [2.24, 2.45) is 5.73 Å². The van der Waals surface area contributed by atoms with Gasteiger partial charge in [0.25, 0.3) is 0 Å². The Morgan fingerprint density at radius 3 is 2.38 bits per heavy atom. The molecule has 21 heavy (non-hydrogen) atoms. The van der Waals surface area contributed by atoms with E-state index >= 15 is 0 Å². The van der Waals surface area contributed by atoms with Gasteiger partial charge in [-0.15, -0.1) is 0 Å². The number of benzene rings is 1. The SMILES string of the molecule is NCCc1cc(Cl)ccc1N1CCN(CC(F)(F)F)CC1. The number of piperazine rings is 1. The van der Waals surface area contributed by atoms with Crippen LogP contribution in [0.5, 0.6) is 0 Å². The molecule has 0 amide bonds. The van der Waals surface area contributed by atoms with Crippen molar-refractivity contribution < 1.29 is 13.2 Å². The van der Waals surface area contributed by atoms with E-state index < -0.39 is 12.7 Å². The number of alkyl halides is 3. The van der Waals surface area contributed by atoms with Crippen molar-refractivity contribution in [1.29, 1.82) is 0 Å². The second kappa shape index (κ2) is 6.85. The zero-order chi connectivity index (χ0) is 15.5. The van der Waals surface area contributed by atoms with Crippen molar-refractivity contribution in [1.82, 2.24) is 4.90 Å². The zero-order valence-corrected chi connectivity index (χ0v) is 12.4. The Hall–Kier alpha value is -0.980. The number of anilines is 1.